The van der Waals surface area contributed by atoms with Gasteiger partial charge in [0.25, 0.3) is 5.91 Å². The van der Waals surface area contributed by atoms with Crippen LogP contribution in [0, 0.1) is 5.82 Å². The Labute approximate surface area is 129 Å². The Morgan fingerprint density at radius 1 is 1.24 bits per heavy atom. The average molecular weight is 313 g/mol. The van der Waals surface area contributed by atoms with Crippen LogP contribution in [0.25, 0.3) is 11.3 Å². The van der Waals surface area contributed by atoms with Gasteiger partial charge in [0.05, 0.1) is 0 Å². The van der Waals surface area contributed by atoms with Crippen LogP contribution in [-0.2, 0) is 0 Å². The van der Waals surface area contributed by atoms with Crippen LogP contribution in [0.4, 0.5) is 4.39 Å². The predicted octanol–water partition coefficient (Wildman–Crippen LogP) is 2.80. The summed E-state index contributed by atoms with van der Waals surface area (Å²) in [5, 5.41) is 2.98. The third-order valence-corrected chi connectivity index (χ3v) is 2.99. The number of hydrogen-bond donors (Lipinski definition) is 1. The molecule has 1 amide bonds. The van der Waals surface area contributed by atoms with Gasteiger partial charge in [0.15, 0.2) is 5.76 Å². The Kier molecular flexibility index (Phi) is 6.39. The van der Waals surface area contributed by atoms with Gasteiger partial charge in [-0.25, -0.2) is 4.39 Å². The molecule has 0 spiro atoms. The summed E-state index contributed by atoms with van der Waals surface area (Å²) >= 11 is 0. The molecule has 6 heteroatoms. The summed E-state index contributed by atoms with van der Waals surface area (Å²) in [5.41, 5.74) is 0.739. The van der Waals surface area contributed by atoms with Crippen LogP contribution in [-0.4, -0.2) is 38.0 Å². The van der Waals surface area contributed by atoms with Crippen molar-refractivity contribution in [1.82, 2.24) is 10.2 Å². The fraction of sp³-hybridized carbons (Fsp3) is 0.267. The number of furan rings is 1. The lowest BCUT2D eigenvalue weighted by atomic mass is 10.2. The molecule has 2 rings (SSSR count). The molecular weight excluding hydrogens is 295 g/mol. The average Bonchev–Trinajstić information content (AvgIpc) is 2.94. The molecule has 0 atom stereocenters. The number of halogens is 2. The summed E-state index contributed by atoms with van der Waals surface area (Å²) in [5.74, 6) is 0.357. The molecule has 0 saturated carbocycles. The molecule has 4 nitrogen and oxygen atoms in total. The number of hydrogen-bond acceptors (Lipinski definition) is 3. The number of amides is 1. The molecule has 1 N–H and O–H groups in total. The molecule has 0 saturated heterocycles. The van der Waals surface area contributed by atoms with Gasteiger partial charge < -0.3 is 14.6 Å². The molecule has 0 aliphatic heterocycles. The molecule has 0 radical (unpaired) electrons. The summed E-state index contributed by atoms with van der Waals surface area (Å²) in [6, 6.07) is 9.31. The Morgan fingerprint density at radius 3 is 2.52 bits per heavy atom. The maximum Gasteiger partial charge on any atom is 0.289 e. The Hall–Kier alpha value is -1.85. The molecule has 2 aromatic rings. The van der Waals surface area contributed by atoms with Crippen LogP contribution < -0.4 is 5.32 Å². The molecule has 0 bridgehead atoms. The van der Waals surface area contributed by atoms with E-state index in [1.807, 2.05) is 7.05 Å². The van der Waals surface area contributed by atoms with Crippen molar-refractivity contribution in [2.45, 2.75) is 0 Å². The second-order valence-corrected chi connectivity index (χ2v) is 4.50. The van der Waals surface area contributed by atoms with Crippen molar-refractivity contribution < 1.29 is 13.6 Å². The van der Waals surface area contributed by atoms with Gasteiger partial charge in [-0.3, -0.25) is 4.79 Å². The standard InChI is InChI=1S/C15H17FN2O2.ClH/c1-17-9-10-18(2)15(19)14-8-7-13(20-14)11-3-5-12(16)6-4-11;/h3-8,17H,9-10H2,1-2H3;1H. The summed E-state index contributed by atoms with van der Waals surface area (Å²) in [4.78, 5) is 13.7. The van der Waals surface area contributed by atoms with Crippen LogP contribution in [0.2, 0.25) is 0 Å². The van der Waals surface area contributed by atoms with E-state index in [-0.39, 0.29) is 29.9 Å². The zero-order valence-electron chi connectivity index (χ0n) is 11.9. The number of nitrogens with one attached hydrogen (secondary N) is 1. The smallest absolute Gasteiger partial charge is 0.289 e. The zero-order valence-corrected chi connectivity index (χ0v) is 12.7. The summed E-state index contributed by atoms with van der Waals surface area (Å²) in [6.07, 6.45) is 0. The van der Waals surface area contributed by atoms with E-state index in [0.717, 1.165) is 5.56 Å². The highest BCUT2D eigenvalue weighted by molar-refractivity contribution is 5.91. The maximum atomic E-state index is 12.9. The molecule has 0 aliphatic rings. The van der Waals surface area contributed by atoms with Crippen LogP contribution in [0.1, 0.15) is 10.6 Å². The van der Waals surface area contributed by atoms with Gasteiger partial charge in [0.1, 0.15) is 11.6 Å². The van der Waals surface area contributed by atoms with E-state index < -0.39 is 0 Å². The van der Waals surface area contributed by atoms with Gasteiger partial charge in [-0.1, -0.05) is 0 Å². The third-order valence-electron chi connectivity index (χ3n) is 2.99. The van der Waals surface area contributed by atoms with Gasteiger partial charge >= 0.3 is 0 Å². The van der Waals surface area contributed by atoms with Crippen molar-refractivity contribution in [3.63, 3.8) is 0 Å². The lowest BCUT2D eigenvalue weighted by molar-refractivity contribution is 0.0766. The molecule has 0 aliphatic carbocycles. The first-order valence-electron chi connectivity index (χ1n) is 6.37. The van der Waals surface area contributed by atoms with Crippen LogP contribution in [0.5, 0.6) is 0 Å². The van der Waals surface area contributed by atoms with E-state index >= 15 is 0 Å². The van der Waals surface area contributed by atoms with Crippen molar-refractivity contribution >= 4 is 18.3 Å². The van der Waals surface area contributed by atoms with Gasteiger partial charge in [0, 0.05) is 25.7 Å². The highest BCUT2D eigenvalue weighted by Crippen LogP contribution is 2.22. The van der Waals surface area contributed by atoms with Crippen molar-refractivity contribution in [1.29, 1.82) is 0 Å². The summed E-state index contributed by atoms with van der Waals surface area (Å²) in [7, 11) is 3.55. The predicted molar refractivity (Wildman–Crippen MR) is 82.2 cm³/mol. The number of carbonyl (C=O) groups is 1. The number of nitrogens with zero attached hydrogens (tertiary/aromatic N) is 1. The highest BCUT2D eigenvalue weighted by atomic mass is 35.5. The summed E-state index contributed by atoms with van der Waals surface area (Å²) in [6.45, 7) is 1.32. The Balaban J connectivity index is 0.00000220. The topological polar surface area (TPSA) is 45.5 Å². The maximum absolute atomic E-state index is 12.9. The van der Waals surface area contributed by atoms with E-state index in [2.05, 4.69) is 5.32 Å². The van der Waals surface area contributed by atoms with Gasteiger partial charge in [-0.2, -0.15) is 0 Å². The van der Waals surface area contributed by atoms with Crippen LogP contribution in [0.3, 0.4) is 0 Å². The van der Waals surface area contributed by atoms with E-state index in [1.54, 1.807) is 36.2 Å². The van der Waals surface area contributed by atoms with E-state index in [1.165, 1.54) is 12.1 Å². The number of likely N-dealkylation sites (N-methyl/N-ethyl adjacent to an activating group) is 2. The lowest BCUT2D eigenvalue weighted by Gasteiger charge is -2.14. The number of benzene rings is 1. The van der Waals surface area contributed by atoms with Crippen molar-refractivity contribution in [2.24, 2.45) is 0 Å². The van der Waals surface area contributed by atoms with Crippen LogP contribution >= 0.6 is 12.4 Å². The third kappa shape index (κ3) is 4.31. The second-order valence-electron chi connectivity index (χ2n) is 4.50. The highest BCUT2D eigenvalue weighted by Gasteiger charge is 2.16. The minimum absolute atomic E-state index is 0. The van der Waals surface area contributed by atoms with E-state index in [4.69, 9.17) is 4.42 Å². The first-order chi connectivity index (χ1) is 9.61. The zero-order chi connectivity index (χ0) is 14.5. The fourth-order valence-corrected chi connectivity index (χ4v) is 1.79. The molecule has 1 aromatic heterocycles. The van der Waals surface area contributed by atoms with Crippen LogP contribution in [0.15, 0.2) is 40.8 Å². The second kappa shape index (κ2) is 7.81. The normalized spacial score (nSPS) is 10.0. The SMILES string of the molecule is CNCCN(C)C(=O)c1ccc(-c2ccc(F)cc2)o1.Cl. The molecule has 1 heterocycles. The fourth-order valence-electron chi connectivity index (χ4n) is 1.79. The van der Waals surface area contributed by atoms with E-state index in [9.17, 15) is 9.18 Å². The van der Waals surface area contributed by atoms with Gasteiger partial charge in [-0.15, -0.1) is 12.4 Å². The molecule has 0 unspecified atom stereocenters. The number of carbonyl (C=O) groups excluding carboxylic acids is 1. The van der Waals surface area contributed by atoms with Crippen molar-refractivity contribution in [3.8, 4) is 11.3 Å². The minimum atomic E-state index is -0.302. The number of rotatable bonds is 5. The molecule has 1 aromatic carbocycles. The molecule has 21 heavy (non-hydrogen) atoms. The molecular formula is C15H18ClFN2O2. The molecule has 114 valence electrons. The Bertz CT molecular complexity index is 584. The van der Waals surface area contributed by atoms with Gasteiger partial charge in [0.2, 0.25) is 0 Å². The molecule has 0 fully saturated rings. The summed E-state index contributed by atoms with van der Waals surface area (Å²) < 4.78 is 18.4. The monoisotopic (exact) mass is 312 g/mol. The first kappa shape index (κ1) is 17.2. The lowest BCUT2D eigenvalue weighted by Crippen LogP contribution is -2.32. The largest absolute Gasteiger partial charge is 0.451 e. The minimum Gasteiger partial charge on any atom is -0.451 e. The quantitative estimate of drug-likeness (QED) is 0.923. The van der Waals surface area contributed by atoms with E-state index in [0.29, 0.717) is 18.8 Å². The van der Waals surface area contributed by atoms with Crippen molar-refractivity contribution in [2.75, 3.05) is 27.2 Å². The van der Waals surface area contributed by atoms with Crippen molar-refractivity contribution in [3.05, 3.63) is 48.0 Å². The first-order valence-corrected chi connectivity index (χ1v) is 6.37. The van der Waals surface area contributed by atoms with Gasteiger partial charge in [-0.05, 0) is 43.4 Å². The Morgan fingerprint density at radius 2 is 1.90 bits per heavy atom.